The highest BCUT2D eigenvalue weighted by atomic mass is 16.5. The molecule has 0 aromatic heterocycles. The van der Waals surface area contributed by atoms with Crippen molar-refractivity contribution in [2.75, 3.05) is 6.61 Å². The monoisotopic (exact) mass is 299 g/mol. The van der Waals surface area contributed by atoms with E-state index in [9.17, 15) is 4.79 Å². The lowest BCUT2D eigenvalue weighted by Gasteiger charge is -2.26. The van der Waals surface area contributed by atoms with E-state index in [1.807, 2.05) is 6.07 Å². The van der Waals surface area contributed by atoms with Gasteiger partial charge in [-0.15, -0.1) is 0 Å². The molecule has 2 rings (SSSR count). The molecule has 0 aliphatic heterocycles. The molecule has 0 bridgehead atoms. The van der Waals surface area contributed by atoms with Crippen molar-refractivity contribution < 1.29 is 9.53 Å². The van der Waals surface area contributed by atoms with Crippen LogP contribution in [0.1, 0.15) is 32.8 Å². The topological polar surface area (TPSA) is 61.3 Å². The van der Waals surface area contributed by atoms with E-state index in [-0.39, 0.29) is 17.5 Å². The summed E-state index contributed by atoms with van der Waals surface area (Å²) in [5.74, 6) is -0.316. The molecule has 0 unspecified atom stereocenters. The van der Waals surface area contributed by atoms with Gasteiger partial charge in [-0.25, -0.2) is 4.79 Å². The summed E-state index contributed by atoms with van der Waals surface area (Å²) in [6, 6.07) is 14.7. The molecule has 0 saturated carbocycles. The first-order valence-electron chi connectivity index (χ1n) is 7.23. The van der Waals surface area contributed by atoms with Crippen molar-refractivity contribution in [3.8, 4) is 0 Å². The molecule has 3 nitrogen and oxygen atoms in total. The number of carbonyl (C=O) groups excluding carboxylic acids is 1. The van der Waals surface area contributed by atoms with Gasteiger partial charge in [0.1, 0.15) is 0 Å². The van der Waals surface area contributed by atoms with E-state index in [2.05, 4.69) is 56.8 Å². The fourth-order valence-corrected chi connectivity index (χ4v) is 2.47. The molecule has 0 heterocycles. The molecule has 0 saturated heterocycles. The number of benzene rings is 2. The van der Waals surface area contributed by atoms with E-state index in [0.717, 1.165) is 6.42 Å². The minimum Gasteiger partial charge on any atom is -0.462 e. The van der Waals surface area contributed by atoms with Crippen LogP contribution < -0.4 is 6.15 Å². The average Bonchev–Trinajstić information content (AvgIpc) is 2.46. The fraction of sp³-hybridized carbons (Fsp3) is 0.316. The highest BCUT2D eigenvalue weighted by molar-refractivity contribution is 5.87. The first-order valence-corrected chi connectivity index (χ1v) is 7.23. The van der Waals surface area contributed by atoms with Crippen LogP contribution >= 0.6 is 0 Å². The Bertz CT molecular complexity index is 669. The number of hydrogen-bond acceptors (Lipinski definition) is 3. The Morgan fingerprint density at radius 3 is 2.45 bits per heavy atom. The molecule has 3 heteroatoms. The highest BCUT2D eigenvalue weighted by Crippen LogP contribution is 2.32. The number of esters is 1. The summed E-state index contributed by atoms with van der Waals surface area (Å²) in [6.07, 6.45) is 0.778. The third-order valence-electron chi connectivity index (χ3n) is 3.83. The van der Waals surface area contributed by atoms with Gasteiger partial charge in [0, 0.05) is 5.57 Å². The zero-order valence-corrected chi connectivity index (χ0v) is 13.7. The molecule has 0 amide bonds. The fourth-order valence-electron chi connectivity index (χ4n) is 2.47. The van der Waals surface area contributed by atoms with Crippen molar-refractivity contribution in [3.63, 3.8) is 0 Å². The molecule has 22 heavy (non-hydrogen) atoms. The highest BCUT2D eigenvalue weighted by Gasteiger charge is 2.23. The van der Waals surface area contributed by atoms with Crippen LogP contribution in [-0.4, -0.2) is 12.6 Å². The third kappa shape index (κ3) is 3.95. The van der Waals surface area contributed by atoms with Crippen LogP contribution in [0.15, 0.2) is 54.6 Å². The molecule has 0 aliphatic carbocycles. The van der Waals surface area contributed by atoms with Crippen molar-refractivity contribution in [2.45, 2.75) is 32.6 Å². The zero-order valence-electron chi connectivity index (χ0n) is 13.7. The quantitative estimate of drug-likeness (QED) is 0.638. The maximum Gasteiger partial charge on any atom is 0.333 e. The number of ether oxygens (including phenoxy) is 1. The summed E-state index contributed by atoms with van der Waals surface area (Å²) in [5, 5.41) is 2.50. The molecule has 0 spiro atoms. The molecular weight excluding hydrogens is 274 g/mol. The van der Waals surface area contributed by atoms with Gasteiger partial charge in [0.25, 0.3) is 0 Å². The zero-order chi connectivity index (χ0) is 15.5. The van der Waals surface area contributed by atoms with Crippen molar-refractivity contribution in [3.05, 3.63) is 60.2 Å². The van der Waals surface area contributed by atoms with E-state index in [1.165, 1.54) is 16.3 Å². The Morgan fingerprint density at radius 1 is 1.14 bits per heavy atom. The predicted molar refractivity (Wildman–Crippen MR) is 92.4 cm³/mol. The second-order valence-corrected chi connectivity index (χ2v) is 6.08. The molecule has 118 valence electrons. The summed E-state index contributed by atoms with van der Waals surface area (Å²) in [4.78, 5) is 11.5. The normalized spacial score (nSPS) is 10.9. The number of hydrogen-bond donors (Lipinski definition) is 1. The molecule has 2 aromatic carbocycles. The smallest absolute Gasteiger partial charge is 0.333 e. The molecule has 3 N–H and O–H groups in total. The van der Waals surface area contributed by atoms with Crippen LogP contribution in [0.25, 0.3) is 10.8 Å². The lowest BCUT2D eigenvalue weighted by Crippen LogP contribution is -2.21. The second kappa shape index (κ2) is 7.23. The van der Waals surface area contributed by atoms with Gasteiger partial charge in [0.2, 0.25) is 0 Å². The number of fused-ring (bicyclic) bond motifs is 1. The van der Waals surface area contributed by atoms with Crippen LogP contribution in [0, 0.1) is 0 Å². The van der Waals surface area contributed by atoms with Gasteiger partial charge >= 0.3 is 5.97 Å². The standard InChI is InChI=1S/C19H22O2.H3N/c1-14(2)18(20)21-13-12-19(3,4)17-11-7-9-15-8-5-6-10-16(15)17;/h5-11H,1,12-13H2,2-4H3;1H3. The van der Waals surface area contributed by atoms with E-state index < -0.39 is 0 Å². The van der Waals surface area contributed by atoms with Gasteiger partial charge in [0.05, 0.1) is 6.61 Å². The molecule has 2 aromatic rings. The Kier molecular flexibility index (Phi) is 5.89. The van der Waals surface area contributed by atoms with Crippen LogP contribution in [-0.2, 0) is 14.9 Å². The average molecular weight is 299 g/mol. The molecule has 0 aliphatic rings. The van der Waals surface area contributed by atoms with Crippen molar-refractivity contribution in [1.29, 1.82) is 0 Å². The van der Waals surface area contributed by atoms with Gasteiger partial charge in [-0.05, 0) is 35.1 Å². The van der Waals surface area contributed by atoms with Crippen LogP contribution in [0.3, 0.4) is 0 Å². The van der Waals surface area contributed by atoms with Gasteiger partial charge in [-0.3, -0.25) is 0 Å². The summed E-state index contributed by atoms with van der Waals surface area (Å²) >= 11 is 0. The summed E-state index contributed by atoms with van der Waals surface area (Å²) in [6.45, 7) is 10.0. The van der Waals surface area contributed by atoms with Crippen LogP contribution in [0.4, 0.5) is 0 Å². The van der Waals surface area contributed by atoms with E-state index in [1.54, 1.807) is 6.92 Å². The lowest BCUT2D eigenvalue weighted by molar-refractivity contribution is -0.139. The van der Waals surface area contributed by atoms with Crippen molar-refractivity contribution >= 4 is 16.7 Å². The number of rotatable bonds is 5. The summed E-state index contributed by atoms with van der Waals surface area (Å²) in [5.41, 5.74) is 1.67. The van der Waals surface area contributed by atoms with Gasteiger partial charge in [-0.2, -0.15) is 0 Å². The minimum atomic E-state index is -0.316. The van der Waals surface area contributed by atoms with Gasteiger partial charge in [-0.1, -0.05) is 62.9 Å². The third-order valence-corrected chi connectivity index (χ3v) is 3.83. The number of carbonyl (C=O) groups is 1. The van der Waals surface area contributed by atoms with Crippen molar-refractivity contribution in [2.24, 2.45) is 0 Å². The SMILES string of the molecule is C=C(C)C(=O)OCCC(C)(C)c1cccc2ccccc12.N. The Labute approximate surface area is 132 Å². The maximum atomic E-state index is 11.5. The van der Waals surface area contributed by atoms with Crippen LogP contribution in [0.2, 0.25) is 0 Å². The molecule has 0 radical (unpaired) electrons. The first kappa shape index (κ1) is 17.9. The van der Waals surface area contributed by atoms with Crippen LogP contribution in [0.5, 0.6) is 0 Å². The maximum absolute atomic E-state index is 11.5. The summed E-state index contributed by atoms with van der Waals surface area (Å²) < 4.78 is 5.23. The lowest BCUT2D eigenvalue weighted by atomic mass is 9.79. The first-order chi connectivity index (χ1) is 9.92. The Hall–Kier alpha value is -2.13. The van der Waals surface area contributed by atoms with E-state index >= 15 is 0 Å². The Morgan fingerprint density at radius 2 is 1.77 bits per heavy atom. The Balaban J connectivity index is 0.00000242. The molecular formula is C19H25NO2. The largest absolute Gasteiger partial charge is 0.462 e. The molecule has 0 fully saturated rings. The second-order valence-electron chi connectivity index (χ2n) is 6.08. The predicted octanol–water partition coefficient (Wildman–Crippen LogP) is 4.79. The van der Waals surface area contributed by atoms with Gasteiger partial charge in [0.15, 0.2) is 0 Å². The minimum absolute atomic E-state index is 0. The molecule has 0 atom stereocenters. The van der Waals surface area contributed by atoms with E-state index in [4.69, 9.17) is 4.74 Å². The van der Waals surface area contributed by atoms with Gasteiger partial charge < -0.3 is 10.9 Å². The van der Waals surface area contributed by atoms with Crippen molar-refractivity contribution in [1.82, 2.24) is 6.15 Å². The van der Waals surface area contributed by atoms with E-state index in [0.29, 0.717) is 12.2 Å². The summed E-state index contributed by atoms with van der Waals surface area (Å²) in [7, 11) is 0.